The van der Waals surface area contributed by atoms with Crippen LogP contribution < -0.4 is 0 Å². The van der Waals surface area contributed by atoms with Crippen molar-refractivity contribution in [1.82, 2.24) is 0 Å². The van der Waals surface area contributed by atoms with Gasteiger partial charge in [-0.2, -0.15) is 0 Å². The molecule has 0 N–H and O–H groups in total. The molecule has 2 aliphatic carbocycles. The van der Waals surface area contributed by atoms with E-state index in [0.717, 1.165) is 0 Å². The molecule has 0 aliphatic heterocycles. The van der Waals surface area contributed by atoms with Gasteiger partial charge in [-0.3, -0.25) is 0 Å². The molecular formula is C14H22SiZr. The zero-order chi connectivity index (χ0) is 12.0. The molecule has 0 fully saturated rings. The van der Waals surface area contributed by atoms with E-state index in [2.05, 4.69) is 54.3 Å². The number of rotatable bonds is 2. The molecule has 0 atom stereocenters. The van der Waals surface area contributed by atoms with Crippen molar-refractivity contribution in [3.05, 3.63) is 42.0 Å². The third-order valence-corrected chi connectivity index (χ3v) is 21.8. The van der Waals surface area contributed by atoms with E-state index < -0.39 is 17.4 Å². The van der Waals surface area contributed by atoms with E-state index in [1.165, 1.54) is 12.8 Å². The summed E-state index contributed by atoms with van der Waals surface area (Å²) in [5, 5.41) is 0. The van der Waals surface area contributed by atoms with E-state index in [1.54, 1.807) is 17.7 Å². The minimum absolute atomic E-state index is 1.21. The monoisotopic (exact) mass is 308 g/mol. The third kappa shape index (κ3) is 1.84. The molecular weight excluding hydrogens is 287 g/mol. The van der Waals surface area contributed by atoms with Gasteiger partial charge in [0, 0.05) is 0 Å². The van der Waals surface area contributed by atoms with Crippen LogP contribution in [0.1, 0.15) is 26.7 Å². The van der Waals surface area contributed by atoms with E-state index in [-0.39, 0.29) is 0 Å². The number of hydrogen-bond donors (Lipinski definition) is 0. The molecule has 0 saturated heterocycles. The molecule has 0 spiro atoms. The predicted octanol–water partition coefficient (Wildman–Crippen LogP) is 3.79. The molecule has 0 bridgehead atoms. The van der Waals surface area contributed by atoms with Gasteiger partial charge >= 0.3 is 102 Å². The summed E-state index contributed by atoms with van der Waals surface area (Å²) in [6.07, 6.45) is 11.8. The minimum atomic E-state index is -2.75. The summed E-state index contributed by atoms with van der Waals surface area (Å²) >= 11 is -2.75. The summed E-state index contributed by atoms with van der Waals surface area (Å²) < 4.78 is 8.82. The van der Waals surface area contributed by atoms with Crippen molar-refractivity contribution in [3.63, 3.8) is 0 Å². The maximum atomic E-state index is 2.61. The van der Waals surface area contributed by atoms with Crippen molar-refractivity contribution in [2.75, 3.05) is 0 Å². The van der Waals surface area contributed by atoms with Crippen molar-refractivity contribution in [1.29, 1.82) is 0 Å². The molecule has 0 nitrogen and oxygen atoms in total. The summed E-state index contributed by atoms with van der Waals surface area (Å²) in [6, 6.07) is 0. The van der Waals surface area contributed by atoms with Crippen LogP contribution in [0.15, 0.2) is 42.0 Å². The molecule has 0 heterocycles. The van der Waals surface area contributed by atoms with Gasteiger partial charge in [-0.05, 0) is 0 Å². The first-order valence-corrected chi connectivity index (χ1v) is 19.4. The Bertz CT molecular complexity index is 479. The predicted molar refractivity (Wildman–Crippen MR) is 73.2 cm³/mol. The second-order valence-corrected chi connectivity index (χ2v) is 34.9. The first-order valence-electron chi connectivity index (χ1n) is 6.12. The average Bonchev–Trinajstić information content (AvgIpc) is 2.73. The van der Waals surface area contributed by atoms with Gasteiger partial charge in [-0.15, -0.1) is 0 Å². The fourth-order valence-corrected chi connectivity index (χ4v) is 19.7. The van der Waals surface area contributed by atoms with E-state index in [1.807, 2.05) is 0 Å². The Morgan fingerprint density at radius 1 is 0.938 bits per heavy atom. The standard InChI is InChI=1S/2C6H7.2CH3.H2Si.Zr/c2*1-6-4-2-3-5-6;;;;/h2*2,4H,3H2,1H3;2*1H3;1H2;. The molecule has 0 unspecified atom stereocenters. The van der Waals surface area contributed by atoms with Gasteiger partial charge in [0.15, 0.2) is 0 Å². The van der Waals surface area contributed by atoms with Crippen molar-refractivity contribution < 1.29 is 17.4 Å². The van der Waals surface area contributed by atoms with Gasteiger partial charge in [0.25, 0.3) is 0 Å². The maximum absolute atomic E-state index is 2.75. The Labute approximate surface area is 102 Å². The van der Waals surface area contributed by atoms with Crippen LogP contribution in [-0.2, 0) is 17.4 Å². The van der Waals surface area contributed by atoms with Gasteiger partial charge in [0.05, 0.1) is 0 Å². The van der Waals surface area contributed by atoms with Crippen LogP contribution in [0.3, 0.4) is 0 Å². The van der Waals surface area contributed by atoms with Crippen LogP contribution in [0.25, 0.3) is 0 Å². The Hall–Kier alpha value is 0.0600. The summed E-state index contributed by atoms with van der Waals surface area (Å²) in [4.78, 5) is 0. The first-order chi connectivity index (χ1) is 7.31. The Kier molecular flexibility index (Phi) is 2.96. The zero-order valence-corrected chi connectivity index (χ0v) is 14.8. The van der Waals surface area contributed by atoms with E-state index >= 15 is 0 Å². The Balaban J connectivity index is 2.57. The van der Waals surface area contributed by atoms with Crippen LogP contribution in [0.5, 0.6) is 0 Å². The second-order valence-electron chi connectivity index (χ2n) is 6.22. The second kappa shape index (κ2) is 3.78. The van der Waals surface area contributed by atoms with Crippen LogP contribution in [-0.4, -0.2) is 6.88 Å². The zero-order valence-electron chi connectivity index (χ0n) is 10.9. The number of allylic oxidation sites excluding steroid dienone is 8. The summed E-state index contributed by atoms with van der Waals surface area (Å²) in [5.74, 6) is 0. The van der Waals surface area contributed by atoms with Crippen molar-refractivity contribution in [2.24, 2.45) is 0 Å². The Morgan fingerprint density at radius 2 is 1.31 bits per heavy atom. The van der Waals surface area contributed by atoms with Gasteiger partial charge < -0.3 is 0 Å². The van der Waals surface area contributed by atoms with Crippen LogP contribution >= 0.6 is 0 Å². The number of hydrogen-bond acceptors (Lipinski definition) is 0. The van der Waals surface area contributed by atoms with E-state index in [0.29, 0.717) is 0 Å². The van der Waals surface area contributed by atoms with Crippen molar-refractivity contribution in [3.8, 4) is 0 Å². The molecule has 16 heavy (non-hydrogen) atoms. The molecule has 0 aromatic carbocycles. The normalized spacial score (nSPS) is 21.6. The SMILES string of the molecule is CC1=[C]([Zr]([CH3])([CH3])(=[SiH2])[C]2=C(C)C=CC2)CC=C1. The van der Waals surface area contributed by atoms with Gasteiger partial charge in [-0.25, -0.2) is 0 Å². The fourth-order valence-electron chi connectivity index (χ4n) is 3.33. The average molecular weight is 310 g/mol. The third-order valence-electron chi connectivity index (χ3n) is 4.27. The molecule has 2 aliphatic rings. The topological polar surface area (TPSA) is 0 Å². The van der Waals surface area contributed by atoms with Gasteiger partial charge in [0.1, 0.15) is 0 Å². The molecule has 0 saturated carbocycles. The van der Waals surface area contributed by atoms with Crippen LogP contribution in [0, 0.1) is 0 Å². The molecule has 0 aromatic rings. The Morgan fingerprint density at radius 3 is 1.56 bits per heavy atom. The molecule has 0 amide bonds. The summed E-state index contributed by atoms with van der Waals surface area (Å²) in [5.41, 5.74) is 3.11. The van der Waals surface area contributed by atoms with E-state index in [4.69, 9.17) is 0 Å². The quantitative estimate of drug-likeness (QED) is 0.681. The van der Waals surface area contributed by atoms with Gasteiger partial charge in [-0.1, -0.05) is 0 Å². The molecule has 86 valence electrons. The van der Waals surface area contributed by atoms with Crippen molar-refractivity contribution >= 4 is 6.88 Å². The van der Waals surface area contributed by atoms with Crippen molar-refractivity contribution in [2.45, 2.75) is 36.0 Å². The van der Waals surface area contributed by atoms with E-state index in [9.17, 15) is 0 Å². The fraction of sp³-hybridized carbons (Fsp3) is 0.429. The molecule has 0 aromatic heterocycles. The first kappa shape index (κ1) is 12.5. The van der Waals surface area contributed by atoms with Crippen LogP contribution in [0.2, 0.25) is 9.26 Å². The summed E-state index contributed by atoms with van der Waals surface area (Å²) in [6.45, 7) is 6.95. The molecule has 2 heteroatoms. The van der Waals surface area contributed by atoms with Gasteiger partial charge in [0.2, 0.25) is 0 Å². The van der Waals surface area contributed by atoms with Crippen LogP contribution in [0.4, 0.5) is 0 Å². The summed E-state index contributed by atoms with van der Waals surface area (Å²) in [7, 11) is 0. The molecule has 0 radical (unpaired) electrons. The molecule has 2 rings (SSSR count).